The number of nitrogens with one attached hydrogen (secondary N) is 1. The number of anilines is 1. The number of amides is 1. The molecule has 0 radical (unpaired) electrons. The van der Waals surface area contributed by atoms with Crippen molar-refractivity contribution in [2.45, 2.75) is 19.4 Å². The summed E-state index contributed by atoms with van der Waals surface area (Å²) in [7, 11) is -3.43. The zero-order valence-corrected chi connectivity index (χ0v) is 16.2. The number of carbonyl (C=O) groups excluding carboxylic acids is 1. The van der Waals surface area contributed by atoms with E-state index >= 15 is 0 Å². The molecule has 1 aliphatic rings. The maximum absolute atomic E-state index is 14.4. The van der Waals surface area contributed by atoms with Crippen LogP contribution in [-0.2, 0) is 14.8 Å². The molecule has 0 fully saturated rings. The predicted molar refractivity (Wildman–Crippen MR) is 103 cm³/mol. The van der Waals surface area contributed by atoms with Gasteiger partial charge in [-0.25, -0.2) is 17.8 Å². The molecule has 1 aliphatic heterocycles. The van der Waals surface area contributed by atoms with E-state index in [0.717, 1.165) is 6.26 Å². The predicted octanol–water partition coefficient (Wildman–Crippen LogP) is 3.55. The van der Waals surface area contributed by atoms with E-state index in [1.165, 1.54) is 24.1 Å². The molecule has 6 nitrogen and oxygen atoms in total. The molecule has 0 aromatic heterocycles. The van der Waals surface area contributed by atoms with Gasteiger partial charge in [-0.3, -0.25) is 9.52 Å². The number of hydrazone groups is 1. The molecule has 9 heteroatoms. The van der Waals surface area contributed by atoms with Crippen molar-refractivity contribution in [2.75, 3.05) is 11.0 Å². The van der Waals surface area contributed by atoms with Crippen LogP contribution in [0.25, 0.3) is 0 Å². The van der Waals surface area contributed by atoms with Crippen molar-refractivity contribution in [2.24, 2.45) is 5.10 Å². The minimum Gasteiger partial charge on any atom is -0.284 e. The van der Waals surface area contributed by atoms with Gasteiger partial charge < -0.3 is 0 Å². The average molecular weight is 410 g/mol. The summed E-state index contributed by atoms with van der Waals surface area (Å²) in [6.07, 6.45) is 1.31. The van der Waals surface area contributed by atoms with E-state index in [9.17, 15) is 17.6 Å². The van der Waals surface area contributed by atoms with Crippen molar-refractivity contribution in [3.8, 4) is 0 Å². The third-order valence-corrected chi connectivity index (χ3v) is 5.00. The van der Waals surface area contributed by atoms with Crippen molar-refractivity contribution in [1.29, 1.82) is 0 Å². The maximum atomic E-state index is 14.4. The van der Waals surface area contributed by atoms with Crippen molar-refractivity contribution in [1.82, 2.24) is 5.01 Å². The van der Waals surface area contributed by atoms with Crippen molar-refractivity contribution < 1.29 is 17.6 Å². The summed E-state index contributed by atoms with van der Waals surface area (Å²) in [6, 6.07) is 10.3. The lowest BCUT2D eigenvalue weighted by atomic mass is 9.97. The van der Waals surface area contributed by atoms with Crippen LogP contribution in [0.1, 0.15) is 30.5 Å². The minimum absolute atomic E-state index is 0.207. The molecule has 0 aliphatic carbocycles. The molecule has 2 aromatic carbocycles. The first kappa shape index (κ1) is 19.3. The quantitative estimate of drug-likeness (QED) is 0.838. The van der Waals surface area contributed by atoms with E-state index in [1.807, 2.05) is 0 Å². The Bertz CT molecular complexity index is 1020. The molecule has 0 saturated heterocycles. The smallest absolute Gasteiger partial charge is 0.240 e. The fourth-order valence-electron chi connectivity index (χ4n) is 3.01. The molecule has 2 aromatic rings. The molecule has 3 rings (SSSR count). The van der Waals surface area contributed by atoms with Crippen molar-refractivity contribution in [3.05, 3.63) is 64.4 Å². The Kier molecular flexibility index (Phi) is 5.21. The molecule has 0 saturated carbocycles. The van der Waals surface area contributed by atoms with Crippen LogP contribution in [0.3, 0.4) is 0 Å². The molecule has 1 N–H and O–H groups in total. The third kappa shape index (κ3) is 4.28. The molecule has 0 spiro atoms. The average Bonchev–Trinajstić information content (AvgIpc) is 2.98. The second kappa shape index (κ2) is 7.28. The Morgan fingerprint density at radius 3 is 2.63 bits per heavy atom. The van der Waals surface area contributed by atoms with Gasteiger partial charge in [-0.15, -0.1) is 0 Å². The fraction of sp³-hybridized carbons (Fsp3) is 0.222. The second-order valence-corrected chi connectivity index (χ2v) is 8.38. The van der Waals surface area contributed by atoms with Gasteiger partial charge in [0.1, 0.15) is 5.82 Å². The molecule has 1 atom stereocenters. The van der Waals surface area contributed by atoms with Gasteiger partial charge in [-0.2, -0.15) is 5.10 Å². The van der Waals surface area contributed by atoms with Crippen LogP contribution in [0, 0.1) is 5.82 Å². The molecule has 1 amide bonds. The summed E-state index contributed by atoms with van der Waals surface area (Å²) in [5.74, 6) is -0.859. The largest absolute Gasteiger partial charge is 0.284 e. The highest BCUT2D eigenvalue weighted by atomic mass is 35.5. The van der Waals surface area contributed by atoms with Crippen LogP contribution < -0.4 is 4.72 Å². The Morgan fingerprint density at radius 2 is 2.00 bits per heavy atom. The molecular formula is C18H17ClFN3O3S. The number of hydrogen-bond acceptors (Lipinski definition) is 4. The highest BCUT2D eigenvalue weighted by Gasteiger charge is 2.34. The van der Waals surface area contributed by atoms with Gasteiger partial charge in [0.25, 0.3) is 0 Å². The lowest BCUT2D eigenvalue weighted by Crippen LogP contribution is -2.25. The van der Waals surface area contributed by atoms with Crippen LogP contribution in [0.4, 0.5) is 10.1 Å². The first-order valence-electron chi connectivity index (χ1n) is 8.05. The summed E-state index contributed by atoms with van der Waals surface area (Å²) in [5.41, 5.74) is 1.74. The summed E-state index contributed by atoms with van der Waals surface area (Å²) >= 11 is 6.17. The number of carbonyl (C=O) groups is 1. The molecule has 0 unspecified atom stereocenters. The van der Waals surface area contributed by atoms with Crippen LogP contribution in [0.5, 0.6) is 0 Å². The van der Waals surface area contributed by atoms with Crippen LogP contribution in [0.15, 0.2) is 47.6 Å². The number of sulfonamides is 1. The van der Waals surface area contributed by atoms with Gasteiger partial charge in [-0.1, -0.05) is 29.8 Å². The van der Waals surface area contributed by atoms with E-state index in [0.29, 0.717) is 17.0 Å². The van der Waals surface area contributed by atoms with Gasteiger partial charge >= 0.3 is 0 Å². The highest BCUT2D eigenvalue weighted by molar-refractivity contribution is 7.92. The van der Waals surface area contributed by atoms with E-state index < -0.39 is 21.9 Å². The first-order chi connectivity index (χ1) is 12.7. The molecular weight excluding hydrogens is 393 g/mol. The fourth-order valence-corrected chi connectivity index (χ4v) is 3.85. The highest BCUT2D eigenvalue weighted by Crippen LogP contribution is 2.38. The minimum atomic E-state index is -3.43. The molecule has 1 heterocycles. The standard InChI is InChI=1S/C18H17ClFN3O3S/c1-11(24)23-17(18-14(19)7-4-8-15(18)20)10-16(21-23)12-5-3-6-13(9-12)22-27(2,25)26/h3-9,17,22H,10H2,1-2H3/t17-/m0/s1. The van der Waals surface area contributed by atoms with Gasteiger partial charge in [0.05, 0.1) is 18.0 Å². The molecule has 142 valence electrons. The lowest BCUT2D eigenvalue weighted by Gasteiger charge is -2.21. The zero-order valence-electron chi connectivity index (χ0n) is 14.6. The van der Waals surface area contributed by atoms with Gasteiger partial charge in [-0.05, 0) is 29.8 Å². The van der Waals surface area contributed by atoms with Gasteiger partial charge in [0.2, 0.25) is 15.9 Å². The van der Waals surface area contributed by atoms with E-state index in [1.54, 1.807) is 30.3 Å². The number of hydrogen-bond donors (Lipinski definition) is 1. The van der Waals surface area contributed by atoms with Gasteiger partial charge in [0, 0.05) is 29.6 Å². The number of rotatable bonds is 4. The van der Waals surface area contributed by atoms with Crippen molar-refractivity contribution >= 4 is 38.9 Å². The monoisotopic (exact) mass is 409 g/mol. The lowest BCUT2D eigenvalue weighted by molar-refractivity contribution is -0.130. The Balaban J connectivity index is 1.98. The normalized spacial score (nSPS) is 17.0. The van der Waals surface area contributed by atoms with Crippen LogP contribution in [-0.4, -0.2) is 31.3 Å². The summed E-state index contributed by atoms with van der Waals surface area (Å²) in [5, 5.41) is 5.76. The Labute approximate surface area is 161 Å². The number of nitrogens with zero attached hydrogens (tertiary/aromatic N) is 2. The van der Waals surface area contributed by atoms with E-state index in [2.05, 4.69) is 9.82 Å². The first-order valence-corrected chi connectivity index (χ1v) is 10.3. The maximum Gasteiger partial charge on any atom is 0.240 e. The number of benzene rings is 2. The van der Waals surface area contributed by atoms with Crippen LogP contribution >= 0.6 is 11.6 Å². The summed E-state index contributed by atoms with van der Waals surface area (Å²) in [6.45, 7) is 1.34. The SMILES string of the molecule is CC(=O)N1N=C(c2cccc(NS(C)(=O)=O)c2)C[C@H]1c1c(F)cccc1Cl. The second-order valence-electron chi connectivity index (χ2n) is 6.22. The van der Waals surface area contributed by atoms with Crippen LogP contribution in [0.2, 0.25) is 5.02 Å². The Hall–Kier alpha value is -2.45. The zero-order chi connectivity index (χ0) is 19.8. The summed E-state index contributed by atoms with van der Waals surface area (Å²) in [4.78, 5) is 12.0. The molecule has 27 heavy (non-hydrogen) atoms. The number of halogens is 2. The molecule has 0 bridgehead atoms. The summed E-state index contributed by atoms with van der Waals surface area (Å²) < 4.78 is 39.6. The Morgan fingerprint density at radius 1 is 1.30 bits per heavy atom. The third-order valence-electron chi connectivity index (χ3n) is 4.06. The van der Waals surface area contributed by atoms with E-state index in [4.69, 9.17) is 11.6 Å². The van der Waals surface area contributed by atoms with Crippen molar-refractivity contribution in [3.63, 3.8) is 0 Å². The van der Waals surface area contributed by atoms with Gasteiger partial charge in [0.15, 0.2) is 0 Å². The topological polar surface area (TPSA) is 78.8 Å². The van der Waals surface area contributed by atoms with E-state index in [-0.39, 0.29) is 22.9 Å².